The van der Waals surface area contributed by atoms with Gasteiger partial charge in [-0.25, -0.2) is 0 Å². The average molecular weight is 380 g/mol. The molecular weight excluding hydrogens is 350 g/mol. The fourth-order valence-electron chi connectivity index (χ4n) is 6.54. The molecule has 4 fully saturated rings. The molecule has 4 aliphatic carbocycles. The van der Waals surface area contributed by atoms with Gasteiger partial charge in [0.15, 0.2) is 6.61 Å². The second-order valence-electron chi connectivity index (χ2n) is 9.46. The number of rotatable bonds is 4. The van der Waals surface area contributed by atoms with Crippen molar-refractivity contribution in [2.75, 3.05) is 19.7 Å². The molecule has 1 aliphatic heterocycles. The van der Waals surface area contributed by atoms with E-state index in [2.05, 4.69) is 18.2 Å². The number of benzene rings is 1. The molecule has 1 amide bonds. The maximum absolute atomic E-state index is 12.9. The van der Waals surface area contributed by atoms with Gasteiger partial charge in [0.05, 0.1) is 5.41 Å². The van der Waals surface area contributed by atoms with Crippen molar-refractivity contribution in [3.63, 3.8) is 0 Å². The van der Waals surface area contributed by atoms with Crippen molar-refractivity contribution in [2.24, 2.45) is 23.2 Å². The maximum atomic E-state index is 12.9. The number of hydrogen-bond donors (Lipinski definition) is 0. The van der Waals surface area contributed by atoms with E-state index in [9.17, 15) is 9.59 Å². The standard InChI is InChI=1S/C24H29NO3/c26-22(25-8-6-21(7-9-25)20-4-2-1-3-5-20)16-28-23(27)24-13-17-10-18(14-24)12-19(11-17)15-24/h1-6,17-19H,7-16H2. The fourth-order valence-corrected chi connectivity index (χ4v) is 6.54. The Hall–Kier alpha value is -2.10. The van der Waals surface area contributed by atoms with Gasteiger partial charge >= 0.3 is 5.97 Å². The molecule has 0 radical (unpaired) electrons. The summed E-state index contributed by atoms with van der Waals surface area (Å²) in [6, 6.07) is 10.3. The second-order valence-corrected chi connectivity index (χ2v) is 9.46. The van der Waals surface area contributed by atoms with Gasteiger partial charge in [0.25, 0.3) is 5.91 Å². The van der Waals surface area contributed by atoms with Gasteiger partial charge in [0.2, 0.25) is 0 Å². The Morgan fingerprint density at radius 1 is 1.00 bits per heavy atom. The van der Waals surface area contributed by atoms with Crippen molar-refractivity contribution < 1.29 is 14.3 Å². The van der Waals surface area contributed by atoms with Crippen LogP contribution < -0.4 is 0 Å². The van der Waals surface area contributed by atoms with E-state index in [4.69, 9.17) is 4.74 Å². The quantitative estimate of drug-likeness (QED) is 0.741. The van der Waals surface area contributed by atoms with E-state index >= 15 is 0 Å². The summed E-state index contributed by atoms with van der Waals surface area (Å²) in [5.41, 5.74) is 2.23. The molecule has 0 aromatic heterocycles. The number of carbonyl (C=O) groups excluding carboxylic acids is 2. The molecule has 1 aromatic rings. The molecule has 1 aromatic carbocycles. The Balaban J connectivity index is 1.16. The summed E-state index contributed by atoms with van der Waals surface area (Å²) in [6.45, 7) is 1.18. The topological polar surface area (TPSA) is 46.6 Å². The third-order valence-electron chi connectivity index (χ3n) is 7.50. The molecule has 6 rings (SSSR count). The molecule has 4 nitrogen and oxygen atoms in total. The number of ether oxygens (including phenoxy) is 1. The normalized spacial score (nSPS) is 33.5. The number of amides is 1. The molecule has 0 spiro atoms. The largest absolute Gasteiger partial charge is 0.455 e. The maximum Gasteiger partial charge on any atom is 0.312 e. The first-order valence-electron chi connectivity index (χ1n) is 10.8. The van der Waals surface area contributed by atoms with Crippen molar-refractivity contribution in [1.29, 1.82) is 0 Å². The molecule has 5 aliphatic rings. The molecule has 0 unspecified atom stereocenters. The van der Waals surface area contributed by atoms with Crippen LogP contribution in [0, 0.1) is 23.2 Å². The lowest BCUT2D eigenvalue weighted by Gasteiger charge is -2.55. The van der Waals surface area contributed by atoms with Gasteiger partial charge in [-0.15, -0.1) is 0 Å². The highest BCUT2D eigenvalue weighted by Crippen LogP contribution is 2.60. The minimum Gasteiger partial charge on any atom is -0.455 e. The molecule has 28 heavy (non-hydrogen) atoms. The number of carbonyl (C=O) groups is 2. The summed E-state index contributed by atoms with van der Waals surface area (Å²) in [5.74, 6) is 1.95. The lowest BCUT2D eigenvalue weighted by molar-refractivity contribution is -0.174. The van der Waals surface area contributed by atoms with Crippen molar-refractivity contribution in [1.82, 2.24) is 4.90 Å². The molecule has 0 atom stereocenters. The molecular formula is C24H29NO3. The first-order valence-corrected chi connectivity index (χ1v) is 10.8. The van der Waals surface area contributed by atoms with Crippen molar-refractivity contribution >= 4 is 17.4 Å². The van der Waals surface area contributed by atoms with Gasteiger partial charge in [0, 0.05) is 13.1 Å². The zero-order valence-electron chi connectivity index (χ0n) is 16.4. The summed E-state index contributed by atoms with van der Waals surface area (Å²) < 4.78 is 5.60. The first-order chi connectivity index (χ1) is 13.6. The summed E-state index contributed by atoms with van der Waals surface area (Å²) in [4.78, 5) is 27.3. The zero-order chi connectivity index (χ0) is 19.1. The van der Waals surface area contributed by atoms with E-state index in [1.165, 1.54) is 30.4 Å². The van der Waals surface area contributed by atoms with E-state index in [0.29, 0.717) is 30.8 Å². The molecule has 1 heterocycles. The van der Waals surface area contributed by atoms with Crippen LogP contribution in [0.4, 0.5) is 0 Å². The van der Waals surface area contributed by atoms with Crippen LogP contribution in [-0.4, -0.2) is 36.5 Å². The highest BCUT2D eigenvalue weighted by atomic mass is 16.5. The first kappa shape index (κ1) is 18.0. The van der Waals surface area contributed by atoms with Crippen LogP contribution in [0.15, 0.2) is 36.4 Å². The minimum absolute atomic E-state index is 0.0681. The fraction of sp³-hybridized carbons (Fsp3) is 0.583. The van der Waals surface area contributed by atoms with Crippen molar-refractivity contribution in [2.45, 2.75) is 44.9 Å². The molecule has 0 N–H and O–H groups in total. The Kier molecular flexibility index (Phi) is 4.53. The highest BCUT2D eigenvalue weighted by molar-refractivity contribution is 5.84. The van der Waals surface area contributed by atoms with E-state index in [0.717, 1.165) is 25.7 Å². The van der Waals surface area contributed by atoms with E-state index in [-0.39, 0.29) is 23.9 Å². The number of hydrogen-bond acceptors (Lipinski definition) is 3. The van der Waals surface area contributed by atoms with Gasteiger partial charge < -0.3 is 9.64 Å². The monoisotopic (exact) mass is 379 g/mol. The Bertz CT molecular complexity index is 762. The Labute approximate surface area is 166 Å². The Morgan fingerprint density at radius 2 is 1.64 bits per heavy atom. The van der Waals surface area contributed by atoms with Crippen LogP contribution in [0.2, 0.25) is 0 Å². The summed E-state index contributed by atoms with van der Waals surface area (Å²) in [6.07, 6.45) is 9.83. The van der Waals surface area contributed by atoms with Gasteiger partial charge in [-0.2, -0.15) is 0 Å². The second kappa shape index (κ2) is 7.06. The third-order valence-corrected chi connectivity index (χ3v) is 7.50. The lowest BCUT2D eigenvalue weighted by atomic mass is 9.49. The Morgan fingerprint density at radius 3 is 2.21 bits per heavy atom. The summed E-state index contributed by atoms with van der Waals surface area (Å²) >= 11 is 0. The van der Waals surface area contributed by atoms with E-state index < -0.39 is 0 Å². The number of nitrogens with zero attached hydrogens (tertiary/aromatic N) is 1. The van der Waals surface area contributed by atoms with Crippen LogP contribution in [-0.2, 0) is 14.3 Å². The highest BCUT2D eigenvalue weighted by Gasteiger charge is 2.55. The van der Waals surface area contributed by atoms with Gasteiger partial charge in [-0.3, -0.25) is 9.59 Å². The van der Waals surface area contributed by atoms with Crippen LogP contribution in [0.3, 0.4) is 0 Å². The van der Waals surface area contributed by atoms with Gasteiger partial charge in [-0.05, 0) is 73.8 Å². The van der Waals surface area contributed by atoms with E-state index in [1.54, 1.807) is 4.90 Å². The van der Waals surface area contributed by atoms with Gasteiger partial charge in [0.1, 0.15) is 0 Å². The van der Waals surface area contributed by atoms with Crippen molar-refractivity contribution in [3.8, 4) is 0 Å². The molecule has 4 heteroatoms. The van der Waals surface area contributed by atoms with Crippen molar-refractivity contribution in [3.05, 3.63) is 42.0 Å². The van der Waals surface area contributed by atoms with Crippen LogP contribution >= 0.6 is 0 Å². The minimum atomic E-state index is -0.280. The van der Waals surface area contributed by atoms with Gasteiger partial charge in [-0.1, -0.05) is 36.4 Å². The van der Waals surface area contributed by atoms with Crippen LogP contribution in [0.25, 0.3) is 5.57 Å². The molecule has 4 saturated carbocycles. The number of esters is 1. The lowest BCUT2D eigenvalue weighted by Crippen LogP contribution is -2.51. The molecule has 148 valence electrons. The summed E-state index contributed by atoms with van der Waals surface area (Å²) in [5, 5.41) is 0. The van der Waals surface area contributed by atoms with Crippen LogP contribution in [0.1, 0.15) is 50.5 Å². The summed E-state index contributed by atoms with van der Waals surface area (Å²) in [7, 11) is 0. The molecule has 4 bridgehead atoms. The van der Waals surface area contributed by atoms with E-state index in [1.807, 2.05) is 18.2 Å². The predicted octanol–water partition coefficient (Wildman–Crippen LogP) is 4.06. The van der Waals surface area contributed by atoms with Crippen LogP contribution in [0.5, 0.6) is 0 Å². The molecule has 0 saturated heterocycles. The SMILES string of the molecule is O=C(COC(=O)C12CC3CC(CC(C3)C1)C2)N1CC=C(c2ccccc2)CC1. The zero-order valence-corrected chi connectivity index (χ0v) is 16.4. The average Bonchev–Trinajstić information content (AvgIpc) is 2.71. The smallest absolute Gasteiger partial charge is 0.312 e. The predicted molar refractivity (Wildman–Crippen MR) is 107 cm³/mol. The third kappa shape index (κ3) is 3.27.